The molecular formula is C18H21Cl. The monoisotopic (exact) mass is 272 g/mol. The smallest absolute Gasteiger partial charge is 0.0588 e. The van der Waals surface area contributed by atoms with E-state index in [1.54, 1.807) is 0 Å². The molecule has 100 valence electrons. The van der Waals surface area contributed by atoms with Crippen LogP contribution in [0.4, 0.5) is 0 Å². The van der Waals surface area contributed by atoms with Crippen LogP contribution < -0.4 is 0 Å². The standard InChI is InChI=1S/C18H21Cl/c1-2-7-15-8-6-9-16(14-15)12-13-18(19)17-10-4-3-5-11-17/h3-6,8-11,14,18H,2,7,12-13H2,1H3. The van der Waals surface area contributed by atoms with Crippen LogP contribution in [0.2, 0.25) is 0 Å². The van der Waals surface area contributed by atoms with Crippen LogP contribution in [0.1, 0.15) is 41.8 Å². The maximum Gasteiger partial charge on any atom is 0.0588 e. The van der Waals surface area contributed by atoms with Gasteiger partial charge in [-0.25, -0.2) is 0 Å². The average Bonchev–Trinajstić information content (AvgIpc) is 2.46. The highest BCUT2D eigenvalue weighted by Crippen LogP contribution is 2.25. The first-order chi connectivity index (χ1) is 9.29. The topological polar surface area (TPSA) is 0 Å². The maximum atomic E-state index is 6.46. The Balaban J connectivity index is 1.93. The van der Waals surface area contributed by atoms with Crippen LogP contribution in [0.25, 0.3) is 0 Å². The molecule has 0 fully saturated rings. The summed E-state index contributed by atoms with van der Waals surface area (Å²) in [6.07, 6.45) is 4.39. The molecule has 0 saturated carbocycles. The Morgan fingerprint density at radius 1 is 0.895 bits per heavy atom. The minimum Gasteiger partial charge on any atom is -0.118 e. The van der Waals surface area contributed by atoms with Crippen LogP contribution in [0.3, 0.4) is 0 Å². The molecule has 1 heteroatoms. The number of aryl methyl sites for hydroxylation is 2. The molecule has 0 aliphatic rings. The van der Waals surface area contributed by atoms with E-state index in [4.69, 9.17) is 11.6 Å². The molecule has 0 spiro atoms. The van der Waals surface area contributed by atoms with E-state index >= 15 is 0 Å². The summed E-state index contributed by atoms with van der Waals surface area (Å²) in [5.41, 5.74) is 4.05. The number of halogens is 1. The molecule has 0 amide bonds. The molecule has 2 aromatic rings. The number of alkyl halides is 1. The van der Waals surface area contributed by atoms with Crippen molar-refractivity contribution in [2.45, 2.75) is 38.0 Å². The van der Waals surface area contributed by atoms with Gasteiger partial charge in [0.15, 0.2) is 0 Å². The minimum absolute atomic E-state index is 0.107. The molecule has 1 unspecified atom stereocenters. The van der Waals surface area contributed by atoms with Crippen LogP contribution in [0, 0.1) is 0 Å². The summed E-state index contributed by atoms with van der Waals surface area (Å²) in [5, 5.41) is 0.107. The molecule has 1 atom stereocenters. The second kappa shape index (κ2) is 7.35. The summed E-state index contributed by atoms with van der Waals surface area (Å²) < 4.78 is 0. The van der Waals surface area contributed by atoms with Gasteiger partial charge in [0.25, 0.3) is 0 Å². The van der Waals surface area contributed by atoms with Gasteiger partial charge in [-0.05, 0) is 36.0 Å². The summed E-state index contributed by atoms with van der Waals surface area (Å²) in [6, 6.07) is 19.2. The first-order valence-electron chi connectivity index (χ1n) is 7.06. The molecule has 2 aromatic carbocycles. The lowest BCUT2D eigenvalue weighted by Gasteiger charge is -2.10. The summed E-state index contributed by atoms with van der Waals surface area (Å²) in [5.74, 6) is 0. The van der Waals surface area contributed by atoms with E-state index in [1.807, 2.05) is 18.2 Å². The third-order valence-corrected chi connectivity index (χ3v) is 3.85. The zero-order valence-corrected chi connectivity index (χ0v) is 12.2. The van der Waals surface area contributed by atoms with Gasteiger partial charge in [-0.15, -0.1) is 11.6 Å². The van der Waals surface area contributed by atoms with Crippen molar-refractivity contribution in [3.8, 4) is 0 Å². The number of hydrogen-bond acceptors (Lipinski definition) is 0. The van der Waals surface area contributed by atoms with Crippen molar-refractivity contribution < 1.29 is 0 Å². The van der Waals surface area contributed by atoms with Crippen molar-refractivity contribution in [1.29, 1.82) is 0 Å². The summed E-state index contributed by atoms with van der Waals surface area (Å²) in [4.78, 5) is 0. The molecule has 0 nitrogen and oxygen atoms in total. The van der Waals surface area contributed by atoms with Crippen LogP contribution in [-0.4, -0.2) is 0 Å². The van der Waals surface area contributed by atoms with E-state index in [0.717, 1.165) is 19.3 Å². The Bertz CT molecular complexity index is 490. The van der Waals surface area contributed by atoms with Gasteiger partial charge in [-0.1, -0.05) is 67.9 Å². The zero-order valence-electron chi connectivity index (χ0n) is 11.5. The van der Waals surface area contributed by atoms with E-state index in [2.05, 4.69) is 43.3 Å². The predicted octanol–water partition coefficient (Wildman–Crippen LogP) is 5.55. The molecule has 0 aliphatic heterocycles. The molecule has 0 aromatic heterocycles. The fourth-order valence-corrected chi connectivity index (χ4v) is 2.61. The number of rotatable bonds is 6. The van der Waals surface area contributed by atoms with Gasteiger partial charge in [0.05, 0.1) is 5.38 Å². The summed E-state index contributed by atoms with van der Waals surface area (Å²) in [6.45, 7) is 2.22. The van der Waals surface area contributed by atoms with Gasteiger partial charge in [0.1, 0.15) is 0 Å². The average molecular weight is 273 g/mol. The van der Waals surface area contributed by atoms with Crippen molar-refractivity contribution in [3.05, 3.63) is 71.3 Å². The lowest BCUT2D eigenvalue weighted by Crippen LogP contribution is -1.95. The van der Waals surface area contributed by atoms with E-state index in [0.29, 0.717) is 0 Å². The van der Waals surface area contributed by atoms with Crippen LogP contribution in [-0.2, 0) is 12.8 Å². The normalized spacial score (nSPS) is 12.3. The van der Waals surface area contributed by atoms with Crippen LogP contribution >= 0.6 is 11.6 Å². The zero-order chi connectivity index (χ0) is 13.5. The Hall–Kier alpha value is -1.27. The molecule has 0 radical (unpaired) electrons. The Labute approximate surface area is 121 Å². The second-order valence-corrected chi connectivity index (χ2v) is 5.51. The first-order valence-corrected chi connectivity index (χ1v) is 7.50. The largest absolute Gasteiger partial charge is 0.118 e. The molecule has 0 saturated heterocycles. The Kier molecular flexibility index (Phi) is 5.47. The SMILES string of the molecule is CCCc1cccc(CCC(Cl)c2ccccc2)c1. The van der Waals surface area contributed by atoms with E-state index in [9.17, 15) is 0 Å². The number of benzene rings is 2. The van der Waals surface area contributed by atoms with Gasteiger partial charge in [0, 0.05) is 0 Å². The highest BCUT2D eigenvalue weighted by molar-refractivity contribution is 6.20. The maximum absolute atomic E-state index is 6.46. The molecule has 2 rings (SSSR count). The van der Waals surface area contributed by atoms with Gasteiger partial charge in [-0.3, -0.25) is 0 Å². The highest BCUT2D eigenvalue weighted by Gasteiger charge is 2.07. The van der Waals surface area contributed by atoms with E-state index in [-0.39, 0.29) is 5.38 Å². The van der Waals surface area contributed by atoms with Crippen molar-refractivity contribution in [1.82, 2.24) is 0 Å². The highest BCUT2D eigenvalue weighted by atomic mass is 35.5. The van der Waals surface area contributed by atoms with Crippen LogP contribution in [0.15, 0.2) is 54.6 Å². The first kappa shape index (κ1) is 14.1. The van der Waals surface area contributed by atoms with E-state index in [1.165, 1.54) is 23.1 Å². The van der Waals surface area contributed by atoms with Crippen molar-refractivity contribution in [2.75, 3.05) is 0 Å². The quantitative estimate of drug-likeness (QED) is 0.605. The molecule has 0 N–H and O–H groups in total. The summed E-state index contributed by atoms with van der Waals surface area (Å²) >= 11 is 6.46. The van der Waals surface area contributed by atoms with Crippen molar-refractivity contribution in [3.63, 3.8) is 0 Å². The Morgan fingerprint density at radius 3 is 2.26 bits per heavy atom. The van der Waals surface area contributed by atoms with Crippen molar-refractivity contribution in [2.24, 2.45) is 0 Å². The minimum atomic E-state index is 0.107. The third kappa shape index (κ3) is 4.40. The van der Waals surface area contributed by atoms with Crippen molar-refractivity contribution >= 4 is 11.6 Å². The lowest BCUT2D eigenvalue weighted by molar-refractivity contribution is 0.791. The lowest BCUT2D eigenvalue weighted by atomic mass is 10.0. The van der Waals surface area contributed by atoms with Gasteiger partial charge < -0.3 is 0 Å². The fourth-order valence-electron chi connectivity index (χ4n) is 2.35. The predicted molar refractivity (Wildman–Crippen MR) is 83.8 cm³/mol. The van der Waals surface area contributed by atoms with Gasteiger partial charge in [0.2, 0.25) is 0 Å². The molecule has 0 heterocycles. The second-order valence-electron chi connectivity index (χ2n) is 4.99. The summed E-state index contributed by atoms with van der Waals surface area (Å²) in [7, 11) is 0. The molecule has 0 bridgehead atoms. The van der Waals surface area contributed by atoms with Gasteiger partial charge >= 0.3 is 0 Å². The van der Waals surface area contributed by atoms with Crippen LogP contribution in [0.5, 0.6) is 0 Å². The molecule has 19 heavy (non-hydrogen) atoms. The fraction of sp³-hybridized carbons (Fsp3) is 0.333. The molecule has 0 aliphatic carbocycles. The van der Waals surface area contributed by atoms with Gasteiger partial charge in [-0.2, -0.15) is 0 Å². The number of hydrogen-bond donors (Lipinski definition) is 0. The molecular weight excluding hydrogens is 252 g/mol. The van der Waals surface area contributed by atoms with E-state index < -0.39 is 0 Å². The third-order valence-electron chi connectivity index (χ3n) is 3.38. The Morgan fingerprint density at radius 2 is 1.58 bits per heavy atom.